The maximum atomic E-state index is 5.39. The quantitative estimate of drug-likeness (QED) is 0.784. The third kappa shape index (κ3) is 1.57. The van der Waals surface area contributed by atoms with Crippen molar-refractivity contribution in [3.63, 3.8) is 0 Å². The second-order valence-electron chi connectivity index (χ2n) is 3.83. The molecule has 1 aromatic heterocycles. The number of ether oxygens (including phenoxy) is 2. The van der Waals surface area contributed by atoms with Crippen molar-refractivity contribution < 1.29 is 14.0 Å². The van der Waals surface area contributed by atoms with E-state index in [1.807, 2.05) is 32.3 Å². The Balaban J connectivity index is 2.06. The monoisotopic (exact) mass is 233 g/mol. The van der Waals surface area contributed by atoms with Gasteiger partial charge in [-0.1, -0.05) is 6.07 Å². The molecule has 1 aromatic carbocycles. The Hall–Kier alpha value is -2.24. The fourth-order valence-corrected chi connectivity index (χ4v) is 1.61. The molecule has 1 aliphatic rings. The van der Waals surface area contributed by atoms with Gasteiger partial charge in [0, 0.05) is 14.1 Å². The van der Waals surface area contributed by atoms with E-state index in [4.69, 9.17) is 14.0 Å². The number of aromatic nitrogens is 2. The number of nitrogens with zero attached hydrogens (tertiary/aromatic N) is 3. The zero-order chi connectivity index (χ0) is 11.8. The lowest BCUT2D eigenvalue weighted by Gasteiger charge is -2.02. The summed E-state index contributed by atoms with van der Waals surface area (Å²) in [5.74, 6) is 2.31. The van der Waals surface area contributed by atoms with E-state index in [-0.39, 0.29) is 6.79 Å². The van der Waals surface area contributed by atoms with Crippen molar-refractivity contribution in [2.75, 3.05) is 25.8 Å². The van der Waals surface area contributed by atoms with Crippen molar-refractivity contribution in [3.8, 4) is 23.0 Å². The number of anilines is 1. The number of rotatable bonds is 2. The largest absolute Gasteiger partial charge is 0.454 e. The minimum absolute atomic E-state index is 0.223. The molecule has 6 heteroatoms. The summed E-state index contributed by atoms with van der Waals surface area (Å²) in [6.45, 7) is 0.223. The van der Waals surface area contributed by atoms with E-state index in [2.05, 4.69) is 10.1 Å². The summed E-state index contributed by atoms with van der Waals surface area (Å²) in [5.41, 5.74) is 0.751. The van der Waals surface area contributed by atoms with Crippen LogP contribution in [0.1, 0.15) is 0 Å². The molecule has 0 saturated heterocycles. The normalized spacial score (nSPS) is 12.8. The van der Waals surface area contributed by atoms with Crippen molar-refractivity contribution >= 4 is 5.95 Å². The first kappa shape index (κ1) is 9.95. The summed E-state index contributed by atoms with van der Waals surface area (Å²) < 4.78 is 15.9. The summed E-state index contributed by atoms with van der Waals surface area (Å²) in [7, 11) is 3.70. The molecule has 0 spiro atoms. The molecule has 88 valence electrons. The maximum absolute atomic E-state index is 5.39. The van der Waals surface area contributed by atoms with Gasteiger partial charge in [0.25, 0.3) is 11.8 Å². The summed E-state index contributed by atoms with van der Waals surface area (Å²) in [5, 5.41) is 3.86. The second-order valence-corrected chi connectivity index (χ2v) is 3.83. The van der Waals surface area contributed by atoms with Gasteiger partial charge in [0.1, 0.15) is 0 Å². The molecule has 0 N–H and O–H groups in total. The third-order valence-electron chi connectivity index (χ3n) is 2.44. The summed E-state index contributed by atoms with van der Waals surface area (Å²) in [6, 6.07) is 5.57. The Bertz CT molecular complexity index is 551. The van der Waals surface area contributed by atoms with Gasteiger partial charge in [-0.2, -0.15) is 4.98 Å². The molecular formula is C11H11N3O3. The van der Waals surface area contributed by atoms with Crippen LogP contribution in [0.25, 0.3) is 11.5 Å². The van der Waals surface area contributed by atoms with E-state index < -0.39 is 0 Å². The number of hydrogen-bond acceptors (Lipinski definition) is 6. The molecule has 0 atom stereocenters. The van der Waals surface area contributed by atoms with Crippen LogP contribution < -0.4 is 14.4 Å². The van der Waals surface area contributed by atoms with Crippen LogP contribution in [0.4, 0.5) is 5.95 Å². The summed E-state index contributed by atoms with van der Waals surface area (Å²) in [4.78, 5) is 6.04. The standard InChI is InChI=1S/C11H11N3O3/c1-14(2)11-12-10(17-13-11)7-4-3-5-8-9(7)16-6-15-8/h3-5H,6H2,1-2H3. The number of hydrogen-bond donors (Lipinski definition) is 0. The van der Waals surface area contributed by atoms with Crippen molar-refractivity contribution in [2.45, 2.75) is 0 Å². The van der Waals surface area contributed by atoms with E-state index in [0.29, 0.717) is 23.3 Å². The SMILES string of the molecule is CN(C)c1noc(-c2cccc3c2OCO3)n1. The molecule has 0 fully saturated rings. The van der Waals surface area contributed by atoms with Gasteiger partial charge in [0.05, 0.1) is 5.56 Å². The zero-order valence-electron chi connectivity index (χ0n) is 9.51. The molecule has 2 aromatic rings. The summed E-state index contributed by atoms with van der Waals surface area (Å²) in [6.07, 6.45) is 0. The van der Waals surface area contributed by atoms with E-state index in [9.17, 15) is 0 Å². The Morgan fingerprint density at radius 2 is 2.12 bits per heavy atom. The number of fused-ring (bicyclic) bond motifs is 1. The highest BCUT2D eigenvalue weighted by Gasteiger charge is 2.22. The highest BCUT2D eigenvalue weighted by atomic mass is 16.7. The van der Waals surface area contributed by atoms with Crippen LogP contribution in [0.5, 0.6) is 11.5 Å². The van der Waals surface area contributed by atoms with Crippen LogP contribution in [0, 0.1) is 0 Å². The van der Waals surface area contributed by atoms with Crippen LogP contribution in [0.15, 0.2) is 22.7 Å². The Labute approximate surface area is 97.7 Å². The molecule has 3 rings (SSSR count). The van der Waals surface area contributed by atoms with E-state index in [0.717, 1.165) is 5.56 Å². The first-order valence-electron chi connectivity index (χ1n) is 5.16. The van der Waals surface area contributed by atoms with Crippen molar-refractivity contribution in [3.05, 3.63) is 18.2 Å². The molecule has 2 heterocycles. The van der Waals surface area contributed by atoms with Crippen LogP contribution in [-0.4, -0.2) is 31.0 Å². The summed E-state index contributed by atoms with van der Waals surface area (Å²) >= 11 is 0. The van der Waals surface area contributed by atoms with Gasteiger partial charge in [-0.3, -0.25) is 0 Å². The predicted molar refractivity (Wildman–Crippen MR) is 60.2 cm³/mol. The van der Waals surface area contributed by atoms with Gasteiger partial charge in [-0.25, -0.2) is 0 Å². The molecule has 0 radical (unpaired) electrons. The molecule has 17 heavy (non-hydrogen) atoms. The van der Waals surface area contributed by atoms with Crippen molar-refractivity contribution in [1.82, 2.24) is 10.1 Å². The topological polar surface area (TPSA) is 60.6 Å². The van der Waals surface area contributed by atoms with Crippen LogP contribution >= 0.6 is 0 Å². The molecule has 0 amide bonds. The van der Waals surface area contributed by atoms with Crippen LogP contribution in [0.2, 0.25) is 0 Å². The van der Waals surface area contributed by atoms with E-state index in [1.165, 1.54) is 0 Å². The molecule has 0 aliphatic carbocycles. The zero-order valence-corrected chi connectivity index (χ0v) is 9.51. The Morgan fingerprint density at radius 1 is 1.24 bits per heavy atom. The van der Waals surface area contributed by atoms with Gasteiger partial charge >= 0.3 is 0 Å². The fraction of sp³-hybridized carbons (Fsp3) is 0.273. The third-order valence-corrected chi connectivity index (χ3v) is 2.44. The van der Waals surface area contributed by atoms with Gasteiger partial charge in [-0.05, 0) is 17.3 Å². The van der Waals surface area contributed by atoms with Crippen LogP contribution in [-0.2, 0) is 0 Å². The molecular weight excluding hydrogens is 222 g/mol. The molecule has 1 aliphatic heterocycles. The minimum Gasteiger partial charge on any atom is -0.454 e. The molecule has 6 nitrogen and oxygen atoms in total. The minimum atomic E-state index is 0.223. The Kier molecular flexibility index (Phi) is 2.14. The lowest BCUT2D eigenvalue weighted by molar-refractivity contribution is 0.174. The lowest BCUT2D eigenvalue weighted by Crippen LogP contribution is -2.10. The van der Waals surface area contributed by atoms with Crippen LogP contribution in [0.3, 0.4) is 0 Å². The second kappa shape index (κ2) is 3.65. The highest BCUT2D eigenvalue weighted by Crippen LogP contribution is 2.40. The average Bonchev–Trinajstić information content (AvgIpc) is 2.97. The molecule has 0 bridgehead atoms. The van der Waals surface area contributed by atoms with Crippen molar-refractivity contribution in [1.29, 1.82) is 0 Å². The molecule has 0 unspecified atom stereocenters. The van der Waals surface area contributed by atoms with Gasteiger partial charge < -0.3 is 18.9 Å². The van der Waals surface area contributed by atoms with Crippen molar-refractivity contribution in [2.24, 2.45) is 0 Å². The smallest absolute Gasteiger partial charge is 0.265 e. The fourth-order valence-electron chi connectivity index (χ4n) is 1.61. The first-order valence-corrected chi connectivity index (χ1v) is 5.16. The highest BCUT2D eigenvalue weighted by molar-refractivity contribution is 5.68. The molecule has 0 saturated carbocycles. The maximum Gasteiger partial charge on any atom is 0.265 e. The predicted octanol–water partition coefficient (Wildman–Crippen LogP) is 1.53. The van der Waals surface area contributed by atoms with E-state index >= 15 is 0 Å². The van der Waals surface area contributed by atoms with Gasteiger partial charge in [-0.15, -0.1) is 0 Å². The van der Waals surface area contributed by atoms with Gasteiger partial charge in [0.2, 0.25) is 6.79 Å². The van der Waals surface area contributed by atoms with Gasteiger partial charge in [0.15, 0.2) is 11.5 Å². The van der Waals surface area contributed by atoms with E-state index in [1.54, 1.807) is 4.90 Å². The number of benzene rings is 1. The first-order chi connectivity index (χ1) is 8.25. The Morgan fingerprint density at radius 3 is 2.88 bits per heavy atom. The number of para-hydroxylation sites is 1. The lowest BCUT2D eigenvalue weighted by atomic mass is 10.2. The average molecular weight is 233 g/mol.